The van der Waals surface area contributed by atoms with Crippen molar-refractivity contribution in [3.63, 3.8) is 0 Å². The van der Waals surface area contributed by atoms with Crippen LogP contribution in [0.2, 0.25) is 0 Å². The predicted molar refractivity (Wildman–Crippen MR) is 120 cm³/mol. The molecule has 0 radical (unpaired) electrons. The third kappa shape index (κ3) is 4.51. The van der Waals surface area contributed by atoms with Crippen molar-refractivity contribution in [1.82, 2.24) is 5.32 Å². The molecule has 4 rings (SSSR count). The van der Waals surface area contributed by atoms with Crippen molar-refractivity contribution in [2.45, 2.75) is 51.1 Å². The summed E-state index contributed by atoms with van der Waals surface area (Å²) in [6.07, 6.45) is 13.7. The van der Waals surface area contributed by atoms with Crippen LogP contribution in [0.4, 0.5) is 0 Å². The fraction of sp³-hybridized carbons (Fsp3) is 0.346. The molecule has 0 bridgehead atoms. The third-order valence-corrected chi connectivity index (χ3v) is 6.39. The zero-order chi connectivity index (χ0) is 20.2. The average molecular weight is 387 g/mol. The van der Waals surface area contributed by atoms with E-state index in [1.165, 1.54) is 41.2 Å². The largest absolute Gasteiger partial charge is 0.366 e. The fourth-order valence-electron chi connectivity index (χ4n) is 4.86. The second kappa shape index (κ2) is 8.79. The molecular weight excluding hydrogens is 356 g/mol. The highest BCUT2D eigenvalue weighted by atomic mass is 16.1. The van der Waals surface area contributed by atoms with Gasteiger partial charge in [0.2, 0.25) is 5.91 Å². The molecule has 29 heavy (non-hydrogen) atoms. The number of carbonyl (C=O) groups is 1. The van der Waals surface area contributed by atoms with Gasteiger partial charge in [-0.15, -0.1) is 0 Å². The molecule has 1 amide bonds. The monoisotopic (exact) mass is 386 g/mol. The number of fused-ring (bicyclic) bond motifs is 1. The Morgan fingerprint density at radius 1 is 1.10 bits per heavy atom. The maximum Gasteiger partial charge on any atom is 0.248 e. The van der Waals surface area contributed by atoms with Gasteiger partial charge < -0.3 is 11.1 Å². The minimum absolute atomic E-state index is 0.314. The number of benzene rings is 2. The van der Waals surface area contributed by atoms with Gasteiger partial charge >= 0.3 is 0 Å². The first kappa shape index (κ1) is 19.7. The topological polar surface area (TPSA) is 55.1 Å². The highest BCUT2D eigenvalue weighted by Gasteiger charge is 2.26. The van der Waals surface area contributed by atoms with E-state index < -0.39 is 0 Å². The van der Waals surface area contributed by atoms with Crippen LogP contribution < -0.4 is 11.1 Å². The molecule has 2 aromatic carbocycles. The number of primary amides is 1. The lowest BCUT2D eigenvalue weighted by Gasteiger charge is -2.33. The van der Waals surface area contributed by atoms with Gasteiger partial charge in [-0.3, -0.25) is 4.79 Å². The van der Waals surface area contributed by atoms with Gasteiger partial charge in [-0.25, -0.2) is 0 Å². The maximum absolute atomic E-state index is 11.5. The van der Waals surface area contributed by atoms with Crippen molar-refractivity contribution in [2.75, 3.05) is 0 Å². The summed E-state index contributed by atoms with van der Waals surface area (Å²) in [5, 5.41) is 6.54. The van der Waals surface area contributed by atoms with E-state index in [0.29, 0.717) is 23.6 Å². The summed E-state index contributed by atoms with van der Waals surface area (Å²) in [6, 6.07) is 16.0. The summed E-state index contributed by atoms with van der Waals surface area (Å²) in [5.74, 6) is 0.208. The number of hydrogen-bond acceptors (Lipinski definition) is 2. The van der Waals surface area contributed by atoms with Crippen molar-refractivity contribution in [1.29, 1.82) is 0 Å². The SMILES string of the molecule is CC(NC1CCCC(C2=CC=C(C(N)=O)C=CC2)C1)c1cccc2ccccc12. The Bertz CT molecular complexity index is 980. The Hall–Kier alpha value is -2.65. The van der Waals surface area contributed by atoms with Crippen LogP contribution in [0.25, 0.3) is 10.8 Å². The number of hydrogen-bond donors (Lipinski definition) is 2. The van der Waals surface area contributed by atoms with Gasteiger partial charge in [0, 0.05) is 17.7 Å². The van der Waals surface area contributed by atoms with Gasteiger partial charge in [0.25, 0.3) is 0 Å². The summed E-state index contributed by atoms with van der Waals surface area (Å²) in [6.45, 7) is 2.28. The number of nitrogens with two attached hydrogens (primary N) is 1. The van der Waals surface area contributed by atoms with E-state index in [1.807, 2.05) is 12.2 Å². The first-order chi connectivity index (χ1) is 14.1. The summed E-state index contributed by atoms with van der Waals surface area (Å²) in [4.78, 5) is 11.5. The number of allylic oxidation sites excluding steroid dienone is 4. The Balaban J connectivity index is 1.46. The van der Waals surface area contributed by atoms with Gasteiger partial charge in [-0.2, -0.15) is 0 Å². The molecule has 0 aromatic heterocycles. The molecule has 1 fully saturated rings. The molecule has 3 unspecified atom stereocenters. The Labute approximate surface area is 173 Å². The van der Waals surface area contributed by atoms with E-state index in [2.05, 4.69) is 66.9 Å². The van der Waals surface area contributed by atoms with Crippen LogP contribution in [0.1, 0.15) is 50.6 Å². The molecule has 0 heterocycles. The normalized spacial score (nSPS) is 23.2. The third-order valence-electron chi connectivity index (χ3n) is 6.39. The highest BCUT2D eigenvalue weighted by Crippen LogP contribution is 2.34. The quantitative estimate of drug-likeness (QED) is 0.728. The zero-order valence-corrected chi connectivity index (χ0v) is 17.1. The molecule has 2 aromatic rings. The lowest BCUT2D eigenvalue weighted by molar-refractivity contribution is -0.114. The standard InChI is InChI=1S/C26H30N2O/c1-18(24-14-6-9-20-7-2-3-13-25(20)24)28-23-12-5-11-22(17-23)19-8-4-10-21(16-15-19)26(27)29/h2-4,6-7,9-10,13-16,18,22-23,28H,5,8,11-12,17H2,1H3,(H2,27,29). The number of nitrogens with one attached hydrogen (secondary N) is 1. The van der Waals surface area contributed by atoms with Gasteiger partial charge in [0.1, 0.15) is 0 Å². The Morgan fingerprint density at radius 2 is 1.93 bits per heavy atom. The molecule has 150 valence electrons. The number of amides is 1. The smallest absolute Gasteiger partial charge is 0.248 e. The summed E-state index contributed by atoms with van der Waals surface area (Å²) >= 11 is 0. The summed E-state index contributed by atoms with van der Waals surface area (Å²) in [5.41, 5.74) is 8.82. The van der Waals surface area contributed by atoms with Crippen molar-refractivity contribution in [3.05, 3.63) is 83.5 Å². The zero-order valence-electron chi connectivity index (χ0n) is 17.1. The van der Waals surface area contributed by atoms with Crippen LogP contribution >= 0.6 is 0 Å². The minimum Gasteiger partial charge on any atom is -0.366 e. The summed E-state index contributed by atoms with van der Waals surface area (Å²) in [7, 11) is 0. The van der Waals surface area contributed by atoms with E-state index in [1.54, 1.807) is 0 Å². The molecule has 0 spiro atoms. The molecule has 3 atom stereocenters. The number of carbonyl (C=O) groups excluding carboxylic acids is 1. The predicted octanol–water partition coefficient (Wildman–Crippen LogP) is 5.35. The van der Waals surface area contributed by atoms with Crippen LogP contribution in [-0.4, -0.2) is 11.9 Å². The molecular formula is C26H30N2O. The van der Waals surface area contributed by atoms with E-state index >= 15 is 0 Å². The molecule has 3 N–H and O–H groups in total. The molecule has 2 aliphatic rings. The van der Waals surface area contributed by atoms with Crippen LogP contribution in [0.15, 0.2) is 77.9 Å². The lowest BCUT2D eigenvalue weighted by atomic mass is 9.79. The second-order valence-corrected chi connectivity index (χ2v) is 8.35. The molecule has 0 saturated heterocycles. The second-order valence-electron chi connectivity index (χ2n) is 8.35. The molecule has 3 heteroatoms. The van der Waals surface area contributed by atoms with Gasteiger partial charge in [0.15, 0.2) is 0 Å². The minimum atomic E-state index is -0.356. The van der Waals surface area contributed by atoms with Crippen LogP contribution in [0, 0.1) is 5.92 Å². The van der Waals surface area contributed by atoms with Crippen molar-refractivity contribution < 1.29 is 4.79 Å². The van der Waals surface area contributed by atoms with Gasteiger partial charge in [-0.05, 0) is 60.9 Å². The molecule has 3 nitrogen and oxygen atoms in total. The van der Waals surface area contributed by atoms with E-state index in [-0.39, 0.29) is 5.91 Å². The number of rotatable bonds is 5. The fourth-order valence-corrected chi connectivity index (χ4v) is 4.86. The average Bonchev–Trinajstić information content (AvgIpc) is 3.00. The van der Waals surface area contributed by atoms with E-state index in [4.69, 9.17) is 5.73 Å². The van der Waals surface area contributed by atoms with Crippen molar-refractivity contribution >= 4 is 16.7 Å². The highest BCUT2D eigenvalue weighted by molar-refractivity contribution is 5.95. The van der Waals surface area contributed by atoms with Gasteiger partial charge in [0.05, 0.1) is 0 Å². The van der Waals surface area contributed by atoms with Crippen molar-refractivity contribution in [2.24, 2.45) is 11.7 Å². The maximum atomic E-state index is 11.5. The lowest BCUT2D eigenvalue weighted by Crippen LogP contribution is -2.36. The van der Waals surface area contributed by atoms with Gasteiger partial charge in [-0.1, -0.05) is 72.7 Å². The Morgan fingerprint density at radius 3 is 2.79 bits per heavy atom. The van der Waals surface area contributed by atoms with Crippen LogP contribution in [0.5, 0.6) is 0 Å². The van der Waals surface area contributed by atoms with Crippen molar-refractivity contribution in [3.8, 4) is 0 Å². The van der Waals surface area contributed by atoms with Crippen LogP contribution in [-0.2, 0) is 4.79 Å². The first-order valence-electron chi connectivity index (χ1n) is 10.7. The van der Waals surface area contributed by atoms with E-state index in [0.717, 1.165) is 12.8 Å². The Kier molecular flexibility index (Phi) is 5.96. The molecule has 0 aliphatic heterocycles. The van der Waals surface area contributed by atoms with Crippen LogP contribution in [0.3, 0.4) is 0 Å². The summed E-state index contributed by atoms with van der Waals surface area (Å²) < 4.78 is 0. The first-order valence-corrected chi connectivity index (χ1v) is 10.7. The molecule has 1 saturated carbocycles. The van der Waals surface area contributed by atoms with E-state index in [9.17, 15) is 4.79 Å². The molecule has 2 aliphatic carbocycles.